The van der Waals surface area contributed by atoms with E-state index in [2.05, 4.69) is 0 Å². The zero-order chi connectivity index (χ0) is 9.10. The summed E-state index contributed by atoms with van der Waals surface area (Å²) in [5.41, 5.74) is 0. The minimum Gasteiger partial charge on any atom is -0.434 e. The second-order valence-electron chi connectivity index (χ2n) is 2.30. The second-order valence-corrected chi connectivity index (χ2v) is 3.25. The molecule has 0 amide bonds. The number of carbonyl (C=O) groups excluding carboxylic acids is 1. The van der Waals surface area contributed by atoms with Crippen molar-refractivity contribution in [3.05, 3.63) is 40.8 Å². The van der Waals surface area contributed by atoms with Crippen LogP contribution in [0.5, 0.6) is 5.95 Å². The zero-order valence-electron chi connectivity index (χ0n) is 6.60. The molecule has 2 aromatic heterocycles. The summed E-state index contributed by atoms with van der Waals surface area (Å²) in [7, 11) is 0. The van der Waals surface area contributed by atoms with Crippen molar-refractivity contribution in [1.82, 2.24) is 0 Å². The number of rotatable bonds is 2. The maximum absolute atomic E-state index is 11.3. The first-order chi connectivity index (χ1) is 6.36. The lowest BCUT2D eigenvalue weighted by Crippen LogP contribution is -2.05. The van der Waals surface area contributed by atoms with Crippen molar-refractivity contribution in [2.45, 2.75) is 0 Å². The predicted octanol–water partition coefficient (Wildman–Crippen LogP) is 2.56. The smallest absolute Gasteiger partial charge is 0.356 e. The van der Waals surface area contributed by atoms with Crippen LogP contribution in [0.3, 0.4) is 0 Å². The van der Waals surface area contributed by atoms with Gasteiger partial charge in [0.25, 0.3) is 5.95 Å². The van der Waals surface area contributed by atoms with E-state index in [9.17, 15) is 4.79 Å². The van der Waals surface area contributed by atoms with Gasteiger partial charge in [-0.25, -0.2) is 4.79 Å². The minimum atomic E-state index is -0.384. The third-order valence-electron chi connectivity index (χ3n) is 1.41. The summed E-state index contributed by atoms with van der Waals surface area (Å²) in [5, 5.41) is 1.82. The van der Waals surface area contributed by atoms with Crippen molar-refractivity contribution in [3.63, 3.8) is 0 Å². The van der Waals surface area contributed by atoms with Crippen molar-refractivity contribution in [3.8, 4) is 5.95 Å². The lowest BCUT2D eigenvalue weighted by Gasteiger charge is -1.95. The van der Waals surface area contributed by atoms with Crippen LogP contribution >= 0.6 is 11.3 Å². The molecule has 0 saturated carbocycles. The van der Waals surface area contributed by atoms with Crippen LogP contribution in [0.2, 0.25) is 0 Å². The molecule has 2 heterocycles. The van der Waals surface area contributed by atoms with Crippen molar-refractivity contribution in [1.29, 1.82) is 0 Å². The average molecular weight is 194 g/mol. The van der Waals surface area contributed by atoms with Gasteiger partial charge < -0.3 is 9.15 Å². The van der Waals surface area contributed by atoms with E-state index in [0.29, 0.717) is 4.88 Å². The van der Waals surface area contributed by atoms with Gasteiger partial charge in [0.15, 0.2) is 0 Å². The molecule has 2 aromatic rings. The molecule has 0 aliphatic heterocycles. The standard InChI is InChI=1S/C9H6O3S/c10-9(7-3-2-6-13-7)12-8-4-1-5-11-8/h1-6H. The Morgan fingerprint density at radius 1 is 1.38 bits per heavy atom. The molecule has 0 N–H and O–H groups in total. The van der Waals surface area contributed by atoms with Crippen LogP contribution in [-0.2, 0) is 0 Å². The van der Waals surface area contributed by atoms with E-state index in [0.717, 1.165) is 0 Å². The van der Waals surface area contributed by atoms with Gasteiger partial charge in [0.05, 0.1) is 6.26 Å². The quantitative estimate of drug-likeness (QED) is 0.690. The van der Waals surface area contributed by atoms with E-state index in [-0.39, 0.29) is 11.9 Å². The van der Waals surface area contributed by atoms with E-state index in [4.69, 9.17) is 9.15 Å². The first-order valence-corrected chi connectivity index (χ1v) is 4.53. The second kappa shape index (κ2) is 3.45. The predicted molar refractivity (Wildman–Crippen MR) is 48.0 cm³/mol. The van der Waals surface area contributed by atoms with Gasteiger partial charge in [0.1, 0.15) is 4.88 Å². The molecule has 0 aromatic carbocycles. The molecule has 0 atom stereocenters. The van der Waals surface area contributed by atoms with E-state index in [1.165, 1.54) is 17.6 Å². The molecule has 2 rings (SSSR count). The molecular formula is C9H6O3S. The van der Waals surface area contributed by atoms with Crippen molar-refractivity contribution < 1.29 is 13.9 Å². The third kappa shape index (κ3) is 1.78. The Morgan fingerprint density at radius 2 is 2.31 bits per heavy atom. The Balaban J connectivity index is 2.08. The van der Waals surface area contributed by atoms with Gasteiger partial charge in [-0.15, -0.1) is 11.3 Å². The zero-order valence-corrected chi connectivity index (χ0v) is 7.41. The van der Waals surface area contributed by atoms with Crippen LogP contribution in [0, 0.1) is 0 Å². The highest BCUT2D eigenvalue weighted by Gasteiger charge is 2.10. The first kappa shape index (κ1) is 8.07. The van der Waals surface area contributed by atoms with E-state index < -0.39 is 0 Å². The molecule has 0 aliphatic rings. The van der Waals surface area contributed by atoms with Gasteiger partial charge in [-0.05, 0) is 17.5 Å². The molecule has 4 heteroatoms. The maximum Gasteiger partial charge on any atom is 0.356 e. The Bertz CT molecular complexity index is 375. The molecule has 0 fully saturated rings. The number of ether oxygens (including phenoxy) is 1. The van der Waals surface area contributed by atoms with Crippen LogP contribution in [0.25, 0.3) is 0 Å². The summed E-state index contributed by atoms with van der Waals surface area (Å²) in [6.07, 6.45) is 1.46. The summed E-state index contributed by atoms with van der Waals surface area (Å²) in [6, 6.07) is 6.75. The summed E-state index contributed by atoms with van der Waals surface area (Å²) in [5.74, 6) is -0.164. The Kier molecular flexibility index (Phi) is 2.14. The van der Waals surface area contributed by atoms with E-state index in [1.807, 2.05) is 5.38 Å². The fraction of sp³-hybridized carbons (Fsp3) is 0. The highest BCUT2D eigenvalue weighted by Crippen LogP contribution is 2.15. The Hall–Kier alpha value is -1.55. The number of hydrogen-bond donors (Lipinski definition) is 0. The van der Waals surface area contributed by atoms with Crippen molar-refractivity contribution >= 4 is 17.3 Å². The SMILES string of the molecule is O=C(Oc1ccco1)c1cccs1. The summed E-state index contributed by atoms with van der Waals surface area (Å²) in [6.45, 7) is 0. The van der Waals surface area contributed by atoms with Crippen LogP contribution in [0.4, 0.5) is 0 Å². The lowest BCUT2D eigenvalue weighted by molar-refractivity contribution is 0.0699. The molecule has 0 bridgehead atoms. The number of furan rings is 1. The summed E-state index contributed by atoms with van der Waals surface area (Å²) >= 11 is 1.34. The normalized spacial score (nSPS) is 9.85. The number of thiophene rings is 1. The lowest BCUT2D eigenvalue weighted by atomic mass is 10.5. The van der Waals surface area contributed by atoms with Crippen molar-refractivity contribution in [2.24, 2.45) is 0 Å². The third-order valence-corrected chi connectivity index (χ3v) is 2.26. The van der Waals surface area contributed by atoms with Gasteiger partial charge in [-0.3, -0.25) is 0 Å². The topological polar surface area (TPSA) is 39.4 Å². The fourth-order valence-electron chi connectivity index (χ4n) is 0.858. The molecular weight excluding hydrogens is 188 g/mol. The fourth-order valence-corrected chi connectivity index (χ4v) is 1.46. The van der Waals surface area contributed by atoms with Crippen LogP contribution in [0.15, 0.2) is 40.3 Å². The van der Waals surface area contributed by atoms with E-state index >= 15 is 0 Å². The molecule has 13 heavy (non-hydrogen) atoms. The van der Waals surface area contributed by atoms with Crippen molar-refractivity contribution in [2.75, 3.05) is 0 Å². The molecule has 66 valence electrons. The molecule has 0 spiro atoms. The monoisotopic (exact) mass is 194 g/mol. The highest BCUT2D eigenvalue weighted by atomic mass is 32.1. The summed E-state index contributed by atoms with van der Waals surface area (Å²) in [4.78, 5) is 11.9. The Morgan fingerprint density at radius 3 is 2.92 bits per heavy atom. The average Bonchev–Trinajstić information content (AvgIpc) is 2.74. The highest BCUT2D eigenvalue weighted by molar-refractivity contribution is 7.12. The van der Waals surface area contributed by atoms with Crippen LogP contribution in [0.1, 0.15) is 9.67 Å². The molecule has 0 radical (unpaired) electrons. The van der Waals surface area contributed by atoms with E-state index in [1.54, 1.807) is 24.3 Å². The maximum atomic E-state index is 11.3. The van der Waals surface area contributed by atoms with Gasteiger partial charge in [0.2, 0.25) is 0 Å². The summed E-state index contributed by atoms with van der Waals surface area (Å²) < 4.78 is 9.77. The largest absolute Gasteiger partial charge is 0.434 e. The van der Waals surface area contributed by atoms with Gasteiger partial charge in [-0.2, -0.15) is 0 Å². The number of esters is 1. The Labute approximate surface area is 78.6 Å². The molecule has 0 unspecified atom stereocenters. The van der Waals surface area contributed by atoms with Gasteiger partial charge in [-0.1, -0.05) is 6.07 Å². The molecule has 0 aliphatic carbocycles. The van der Waals surface area contributed by atoms with Gasteiger partial charge in [0, 0.05) is 6.07 Å². The van der Waals surface area contributed by atoms with Crippen LogP contribution < -0.4 is 4.74 Å². The number of carbonyl (C=O) groups is 1. The molecule has 0 saturated heterocycles. The minimum absolute atomic E-state index is 0.221. The number of hydrogen-bond acceptors (Lipinski definition) is 4. The van der Waals surface area contributed by atoms with Gasteiger partial charge >= 0.3 is 5.97 Å². The van der Waals surface area contributed by atoms with Crippen LogP contribution in [-0.4, -0.2) is 5.97 Å². The molecule has 3 nitrogen and oxygen atoms in total. The first-order valence-electron chi connectivity index (χ1n) is 3.65.